The van der Waals surface area contributed by atoms with Crippen molar-refractivity contribution in [3.05, 3.63) is 53.0 Å². The van der Waals surface area contributed by atoms with Crippen molar-refractivity contribution in [2.45, 2.75) is 12.7 Å². The molecule has 9 heteroatoms. The highest BCUT2D eigenvalue weighted by atomic mass is 19.4. The summed E-state index contributed by atoms with van der Waals surface area (Å²) >= 11 is 0. The molecule has 1 heterocycles. The zero-order valence-corrected chi connectivity index (χ0v) is 11.4. The molecule has 1 aromatic carbocycles. The van der Waals surface area contributed by atoms with Crippen molar-refractivity contribution in [1.82, 2.24) is 9.97 Å². The van der Waals surface area contributed by atoms with Crippen LogP contribution < -0.4 is 10.1 Å². The lowest BCUT2D eigenvalue weighted by Crippen LogP contribution is -2.19. The molecule has 0 aliphatic heterocycles. The van der Waals surface area contributed by atoms with E-state index in [1.165, 1.54) is 12.1 Å². The van der Waals surface area contributed by atoms with E-state index in [-0.39, 0.29) is 23.4 Å². The third kappa shape index (κ3) is 3.83. The zero-order chi connectivity index (χ0) is 16.3. The monoisotopic (exact) mass is 313 g/mol. The molecule has 0 unspecified atom stereocenters. The van der Waals surface area contributed by atoms with Gasteiger partial charge < -0.3 is 15.3 Å². The van der Waals surface area contributed by atoms with Crippen molar-refractivity contribution in [3.63, 3.8) is 0 Å². The van der Waals surface area contributed by atoms with Gasteiger partial charge in [0.25, 0.3) is 0 Å². The van der Waals surface area contributed by atoms with Gasteiger partial charge in [-0.1, -0.05) is 12.1 Å². The van der Waals surface area contributed by atoms with Gasteiger partial charge in [0.05, 0.1) is 23.6 Å². The van der Waals surface area contributed by atoms with Gasteiger partial charge in [-0.15, -0.1) is 0 Å². The molecular weight excluding hydrogens is 301 g/mol. The predicted molar refractivity (Wildman–Crippen MR) is 73.2 cm³/mol. The van der Waals surface area contributed by atoms with Gasteiger partial charge in [-0.05, 0) is 17.7 Å². The van der Waals surface area contributed by atoms with Gasteiger partial charge in [0.15, 0.2) is 0 Å². The van der Waals surface area contributed by atoms with E-state index in [4.69, 9.17) is 5.21 Å². The molecule has 0 aliphatic rings. The van der Waals surface area contributed by atoms with Crippen LogP contribution in [0, 0.1) is 5.21 Å². The minimum Gasteiger partial charge on any atom is -0.733 e. The minimum atomic E-state index is -4.36. The molecule has 0 aliphatic carbocycles. The van der Waals surface area contributed by atoms with Gasteiger partial charge in [-0.25, -0.2) is 9.97 Å². The first-order chi connectivity index (χ1) is 10.3. The van der Waals surface area contributed by atoms with Crippen molar-refractivity contribution >= 4 is 11.6 Å². The molecule has 2 rings (SSSR count). The number of nitrogens with zero attached hydrogens (tertiary/aromatic N) is 4. The Kier molecular flexibility index (Phi) is 4.48. The molecule has 0 saturated heterocycles. The summed E-state index contributed by atoms with van der Waals surface area (Å²) in [5.41, 5.74) is -0.180. The number of aromatic nitrogens is 2. The molecule has 0 fully saturated rings. The molecule has 0 amide bonds. The second kappa shape index (κ2) is 6.16. The Hall–Kier alpha value is -2.39. The molecule has 0 bridgehead atoms. The Bertz CT molecular complexity index is 615. The lowest BCUT2D eigenvalue weighted by atomic mass is 10.1. The SMILES string of the molecule is CN(Cc1ccc(C(F)(F)F)cc1)c1ncc(N([O-])O)cn1. The van der Waals surface area contributed by atoms with E-state index in [1.54, 1.807) is 11.9 Å². The third-order valence-electron chi connectivity index (χ3n) is 2.89. The van der Waals surface area contributed by atoms with Crippen LogP contribution in [0.4, 0.5) is 24.8 Å². The molecule has 6 nitrogen and oxygen atoms in total. The molecule has 0 atom stereocenters. The first-order valence-electron chi connectivity index (χ1n) is 6.13. The summed E-state index contributed by atoms with van der Waals surface area (Å²) in [5.74, 6) is 0.269. The largest absolute Gasteiger partial charge is 0.733 e. The van der Waals surface area contributed by atoms with Gasteiger partial charge in [-0.2, -0.15) is 13.2 Å². The summed E-state index contributed by atoms with van der Waals surface area (Å²) in [4.78, 5) is 9.37. The van der Waals surface area contributed by atoms with E-state index < -0.39 is 11.7 Å². The van der Waals surface area contributed by atoms with Gasteiger partial charge in [-0.3, -0.25) is 5.21 Å². The fourth-order valence-corrected chi connectivity index (χ4v) is 1.75. The average molecular weight is 313 g/mol. The molecule has 22 heavy (non-hydrogen) atoms. The van der Waals surface area contributed by atoms with Crippen molar-refractivity contribution in [1.29, 1.82) is 0 Å². The van der Waals surface area contributed by atoms with Gasteiger partial charge in [0.2, 0.25) is 5.95 Å². The lowest BCUT2D eigenvalue weighted by Gasteiger charge is -2.22. The molecule has 0 spiro atoms. The molecular formula is C13H12F3N4O2-. The number of alkyl halides is 3. The number of hydrogen-bond acceptors (Lipinski definition) is 6. The van der Waals surface area contributed by atoms with Crippen LogP contribution in [0.15, 0.2) is 36.7 Å². The third-order valence-corrected chi connectivity index (χ3v) is 2.89. The molecule has 1 N–H and O–H groups in total. The molecule has 1 aromatic heterocycles. The quantitative estimate of drug-likeness (QED) is 0.875. The van der Waals surface area contributed by atoms with Crippen molar-refractivity contribution in [2.75, 3.05) is 17.2 Å². The lowest BCUT2D eigenvalue weighted by molar-refractivity contribution is -0.137. The Balaban J connectivity index is 2.06. The van der Waals surface area contributed by atoms with Crippen LogP contribution in [0.25, 0.3) is 0 Å². The number of hydrogen-bond donors (Lipinski definition) is 1. The van der Waals surface area contributed by atoms with E-state index in [1.807, 2.05) is 0 Å². The second-order valence-corrected chi connectivity index (χ2v) is 4.56. The number of anilines is 2. The smallest absolute Gasteiger partial charge is 0.416 e. The fourth-order valence-electron chi connectivity index (χ4n) is 1.75. The first-order valence-corrected chi connectivity index (χ1v) is 6.13. The Morgan fingerprint density at radius 1 is 1.14 bits per heavy atom. The average Bonchev–Trinajstić information content (AvgIpc) is 2.47. The molecule has 0 radical (unpaired) electrons. The summed E-state index contributed by atoms with van der Waals surface area (Å²) in [5, 5.41) is 18.9. The maximum atomic E-state index is 12.5. The summed E-state index contributed by atoms with van der Waals surface area (Å²) in [7, 11) is 1.65. The standard InChI is InChI=1S/C13H12F3N4O2/c1-19(12-17-6-11(7-18-12)20(21)22)8-9-2-4-10(5-3-9)13(14,15)16/h2-7,21H,8H2,1H3/q-1. The Morgan fingerprint density at radius 2 is 1.68 bits per heavy atom. The maximum Gasteiger partial charge on any atom is 0.416 e. The van der Waals surface area contributed by atoms with E-state index in [9.17, 15) is 18.4 Å². The van der Waals surface area contributed by atoms with E-state index in [0.717, 1.165) is 24.5 Å². The first kappa shape index (κ1) is 16.0. The normalized spacial score (nSPS) is 11.4. The zero-order valence-electron chi connectivity index (χ0n) is 11.4. The highest BCUT2D eigenvalue weighted by molar-refractivity contribution is 5.43. The Labute approximate surface area is 124 Å². The van der Waals surface area contributed by atoms with Crippen LogP contribution in [0.5, 0.6) is 0 Å². The maximum absolute atomic E-state index is 12.5. The van der Waals surface area contributed by atoms with Crippen molar-refractivity contribution < 1.29 is 18.4 Å². The van der Waals surface area contributed by atoms with Crippen LogP contribution in [-0.4, -0.2) is 22.2 Å². The molecule has 2 aromatic rings. The van der Waals surface area contributed by atoms with E-state index in [2.05, 4.69) is 9.97 Å². The van der Waals surface area contributed by atoms with Crippen LogP contribution in [0.1, 0.15) is 11.1 Å². The van der Waals surface area contributed by atoms with Crippen molar-refractivity contribution in [2.24, 2.45) is 0 Å². The number of rotatable bonds is 4. The highest BCUT2D eigenvalue weighted by Gasteiger charge is 2.29. The number of halogens is 3. The van der Waals surface area contributed by atoms with Gasteiger partial charge >= 0.3 is 6.18 Å². The van der Waals surface area contributed by atoms with Gasteiger partial charge in [0, 0.05) is 13.6 Å². The molecule has 118 valence electrons. The topological polar surface area (TPSA) is 75.6 Å². The van der Waals surface area contributed by atoms with E-state index >= 15 is 0 Å². The summed E-state index contributed by atoms with van der Waals surface area (Å²) < 4.78 is 37.4. The van der Waals surface area contributed by atoms with Crippen LogP contribution in [-0.2, 0) is 12.7 Å². The summed E-state index contributed by atoms with van der Waals surface area (Å²) in [6.07, 6.45) is -2.09. The molecule has 0 saturated carbocycles. The minimum absolute atomic E-state index is 0.119. The highest BCUT2D eigenvalue weighted by Crippen LogP contribution is 2.29. The van der Waals surface area contributed by atoms with Crippen LogP contribution in [0.2, 0.25) is 0 Å². The number of benzene rings is 1. The van der Waals surface area contributed by atoms with Gasteiger partial charge in [0.1, 0.15) is 0 Å². The van der Waals surface area contributed by atoms with Crippen LogP contribution in [0.3, 0.4) is 0 Å². The summed E-state index contributed by atoms with van der Waals surface area (Å²) in [6.45, 7) is 0.289. The summed E-state index contributed by atoms with van der Waals surface area (Å²) in [6, 6.07) is 4.77. The van der Waals surface area contributed by atoms with E-state index in [0.29, 0.717) is 5.56 Å². The second-order valence-electron chi connectivity index (χ2n) is 4.56. The Morgan fingerprint density at radius 3 is 2.14 bits per heavy atom. The van der Waals surface area contributed by atoms with Crippen molar-refractivity contribution in [3.8, 4) is 0 Å². The van der Waals surface area contributed by atoms with Crippen LogP contribution >= 0.6 is 0 Å². The fraction of sp³-hybridized carbons (Fsp3) is 0.231. The predicted octanol–water partition coefficient (Wildman–Crippen LogP) is 2.83.